The van der Waals surface area contributed by atoms with E-state index in [9.17, 15) is 56.3 Å². The molecule has 9 rings (SSSR count). The minimum absolute atomic E-state index is 0.0506. The molecule has 0 radical (unpaired) electrons. The smallest absolute Gasteiger partial charge is 0.446 e. The number of carbonyl (C=O) groups is 7. The Balaban J connectivity index is 0.000000291. The van der Waals surface area contributed by atoms with Gasteiger partial charge in [-0.15, -0.1) is 23.2 Å². The molecule has 5 amide bonds. The molecule has 0 aliphatic heterocycles. The standard InChI is InChI=1S/C25H29N3O4.C22H23N3O4.C20H21N3O2.C2H3ClO2.C2HF3O.CH2Cl2/c1-24(2,3)32-23(31)27-15-25(4,5)16-10-12-17(13-11-16)28-22(30)19-14-26-20-9-7-6-8-18(20)21(19)29;1-22(2,13-24-21(28)29-3)14-8-10-15(11-9-14)25-20(27)17-12-23-18-7-5-4-6-16(18)19(17)26;1-20(2,12-21)13-7-9-14(10-8-13)23-19(25)16-11-22-17-6-4-3-5-15(17)18(16)24;1-5-2(3)4;3-2(4,5)1-6;2-1-3/h6-14H,15H2,1-5H3,(H,26,29)(H,27,31)(H,28,30);4-12H,13H2,1-3H3,(H,23,26)(H,24,28)(H,25,27);3-11H,12,21H2,1-2H3,(H,22,24)(H,23,25);1H3;1H;1H2. The van der Waals surface area contributed by atoms with Gasteiger partial charge in [-0.2, -0.15) is 13.2 Å². The number of nitrogens with two attached hydrogens (primary N) is 1. The Morgan fingerprint density at radius 3 is 0.990 bits per heavy atom. The summed E-state index contributed by atoms with van der Waals surface area (Å²) in [6.07, 6.45) is -2.34. The van der Waals surface area contributed by atoms with Gasteiger partial charge in [0.25, 0.3) is 17.7 Å². The lowest BCUT2D eigenvalue weighted by atomic mass is 9.84. The van der Waals surface area contributed by atoms with Gasteiger partial charge in [0.15, 0.2) is 0 Å². The number of halogens is 6. The largest absolute Gasteiger partial charge is 0.457 e. The number of aromatic amines is 3. The molecule has 0 bridgehead atoms. The van der Waals surface area contributed by atoms with Crippen molar-refractivity contribution in [1.82, 2.24) is 25.6 Å². The SMILES string of the molecule is CC(C)(C)OC(=O)NCC(C)(C)c1ccc(NC(=O)c2c[nH]c3ccccc3c2=O)cc1.CC(C)(CN)c1ccc(NC(=O)c2c[nH]c3ccccc3c2=O)cc1.COC(=O)Cl.COC(=O)NCC(C)(C)c1ccc(NC(=O)c2c[nH]c3ccccc3c2=O)cc1.ClCCl.O=CC(F)(F)F. The zero-order chi connectivity index (χ0) is 74.8. The minimum atomic E-state index is -4.64. The number of anilines is 3. The number of pyridine rings is 3. The number of amides is 5. The fourth-order valence-corrected chi connectivity index (χ4v) is 8.91. The van der Waals surface area contributed by atoms with E-state index in [0.29, 0.717) is 69.4 Å². The molecule has 22 nitrogen and oxygen atoms in total. The number of para-hydroxylation sites is 3. The van der Waals surface area contributed by atoms with Crippen LogP contribution in [0.4, 0.5) is 44.6 Å². The molecule has 100 heavy (non-hydrogen) atoms. The van der Waals surface area contributed by atoms with Gasteiger partial charge in [0, 0.05) is 116 Å². The zero-order valence-corrected chi connectivity index (χ0v) is 58.9. The number of carbonyl (C=O) groups excluding carboxylic acids is 7. The first-order valence-electron chi connectivity index (χ1n) is 30.4. The quantitative estimate of drug-likeness (QED) is 0.0212. The summed E-state index contributed by atoms with van der Waals surface area (Å²) in [6.45, 7) is 18.9. The highest BCUT2D eigenvalue weighted by Gasteiger charge is 2.27. The Kier molecular flexibility index (Phi) is 30.8. The van der Waals surface area contributed by atoms with E-state index in [0.717, 1.165) is 16.7 Å². The molecule has 10 N–H and O–H groups in total. The van der Waals surface area contributed by atoms with Crippen LogP contribution in [-0.2, 0) is 35.3 Å². The van der Waals surface area contributed by atoms with Crippen molar-refractivity contribution in [1.29, 1.82) is 0 Å². The predicted molar refractivity (Wildman–Crippen MR) is 387 cm³/mol. The van der Waals surface area contributed by atoms with Crippen molar-refractivity contribution in [2.45, 2.75) is 90.3 Å². The van der Waals surface area contributed by atoms with Crippen LogP contribution >= 0.6 is 34.8 Å². The number of hydrogen-bond donors (Lipinski definition) is 9. The van der Waals surface area contributed by atoms with E-state index in [2.05, 4.69) is 76.5 Å². The second kappa shape index (κ2) is 37.6. The van der Waals surface area contributed by atoms with E-state index in [1.807, 2.05) is 115 Å². The van der Waals surface area contributed by atoms with E-state index < -0.39 is 53.4 Å². The van der Waals surface area contributed by atoms with Crippen LogP contribution in [-0.4, -0.2) is 108 Å². The summed E-state index contributed by atoms with van der Waals surface area (Å²) in [7, 11) is 2.54. The second-order valence-corrected chi connectivity index (χ2v) is 25.7. The molecule has 0 fully saturated rings. The van der Waals surface area contributed by atoms with Gasteiger partial charge in [-0.3, -0.25) is 33.6 Å². The molecule has 0 atom stereocenters. The molecule has 532 valence electrons. The van der Waals surface area contributed by atoms with E-state index in [1.54, 1.807) is 78.9 Å². The maximum Gasteiger partial charge on any atom is 0.446 e. The molecular weight excluding hydrogens is 1360 g/mol. The number of hydrogen-bond acceptors (Lipinski definition) is 14. The van der Waals surface area contributed by atoms with Crippen LogP contribution in [0.2, 0.25) is 0 Å². The maximum absolute atomic E-state index is 12.7. The van der Waals surface area contributed by atoms with E-state index >= 15 is 0 Å². The molecule has 3 aromatic heterocycles. The summed E-state index contributed by atoms with van der Waals surface area (Å²) < 4.78 is 45.0. The lowest BCUT2D eigenvalue weighted by Gasteiger charge is -2.27. The Morgan fingerprint density at radius 2 is 0.740 bits per heavy atom. The van der Waals surface area contributed by atoms with Gasteiger partial charge in [-0.1, -0.05) is 114 Å². The first-order valence-corrected chi connectivity index (χ1v) is 31.8. The first kappa shape index (κ1) is 82.1. The highest BCUT2D eigenvalue weighted by molar-refractivity contribution is 6.61. The number of ether oxygens (including phenoxy) is 3. The summed E-state index contributed by atoms with van der Waals surface area (Å²) in [5.74, 6) is -1.38. The number of benzene rings is 6. The molecule has 28 heteroatoms. The number of alkyl carbamates (subject to hydrolysis) is 2. The van der Waals surface area contributed by atoms with Crippen molar-refractivity contribution >= 4 is 126 Å². The van der Waals surface area contributed by atoms with Gasteiger partial charge in [-0.05, 0) is 110 Å². The van der Waals surface area contributed by atoms with Crippen LogP contribution < -0.4 is 48.6 Å². The third-order valence-corrected chi connectivity index (χ3v) is 14.8. The van der Waals surface area contributed by atoms with Crippen molar-refractivity contribution in [3.8, 4) is 0 Å². The van der Waals surface area contributed by atoms with Crippen LogP contribution in [0.1, 0.15) is 110 Å². The van der Waals surface area contributed by atoms with Crippen LogP contribution in [0.15, 0.2) is 179 Å². The molecule has 0 unspecified atom stereocenters. The second-order valence-electron chi connectivity index (χ2n) is 24.6. The van der Waals surface area contributed by atoms with Crippen molar-refractivity contribution in [3.63, 3.8) is 0 Å². The highest BCUT2D eigenvalue weighted by Crippen LogP contribution is 2.27. The van der Waals surface area contributed by atoms with Gasteiger partial charge in [-0.25, -0.2) is 14.4 Å². The van der Waals surface area contributed by atoms with Crippen LogP contribution in [0, 0.1) is 0 Å². The number of rotatable bonds is 14. The summed E-state index contributed by atoms with van der Waals surface area (Å²) >= 11 is 14.1. The molecule has 3 heterocycles. The van der Waals surface area contributed by atoms with Gasteiger partial charge < -0.3 is 61.5 Å². The van der Waals surface area contributed by atoms with Gasteiger partial charge in [0.2, 0.25) is 22.6 Å². The number of fused-ring (bicyclic) bond motifs is 3. The number of H-pyrrole nitrogens is 3. The topological polar surface area (TPSA) is 332 Å². The summed E-state index contributed by atoms with van der Waals surface area (Å²) in [5.41, 5.74) is 9.83. The fraction of sp³-hybridized carbons (Fsp3) is 0.278. The van der Waals surface area contributed by atoms with E-state index in [-0.39, 0.29) is 54.6 Å². The molecule has 0 spiro atoms. The molecular formula is C72H79Cl3F3N9O13. The third kappa shape index (κ3) is 25.5. The summed E-state index contributed by atoms with van der Waals surface area (Å²) in [5, 5.41) is 15.4. The lowest BCUT2D eigenvalue weighted by molar-refractivity contribution is -0.156. The first-order chi connectivity index (χ1) is 46.9. The Morgan fingerprint density at radius 1 is 0.470 bits per heavy atom. The van der Waals surface area contributed by atoms with Crippen molar-refractivity contribution < 1.29 is 60.9 Å². The van der Waals surface area contributed by atoms with Crippen LogP contribution in [0.25, 0.3) is 32.7 Å². The van der Waals surface area contributed by atoms with Crippen LogP contribution in [0.3, 0.4) is 0 Å². The monoisotopic (exact) mass is 1440 g/mol. The molecule has 0 saturated carbocycles. The fourth-order valence-electron chi connectivity index (χ4n) is 8.91. The molecule has 0 aliphatic carbocycles. The van der Waals surface area contributed by atoms with Gasteiger partial charge in [0.1, 0.15) is 22.3 Å². The van der Waals surface area contributed by atoms with Crippen molar-refractivity contribution in [2.24, 2.45) is 5.73 Å². The number of aldehydes is 1. The highest BCUT2D eigenvalue weighted by atomic mass is 35.5. The zero-order valence-electron chi connectivity index (χ0n) is 56.6. The van der Waals surface area contributed by atoms with Crippen LogP contribution in [0.5, 0.6) is 0 Å². The van der Waals surface area contributed by atoms with Gasteiger partial charge in [0.05, 0.1) is 19.6 Å². The van der Waals surface area contributed by atoms with Crippen molar-refractivity contribution in [2.75, 3.05) is 55.1 Å². The van der Waals surface area contributed by atoms with E-state index in [1.165, 1.54) is 32.8 Å². The minimum Gasteiger partial charge on any atom is -0.457 e. The normalized spacial score (nSPS) is 11.1. The number of nitrogens with one attached hydrogen (secondary N) is 8. The average molecular weight is 1440 g/mol. The summed E-state index contributed by atoms with van der Waals surface area (Å²) in [6, 6.07) is 43.3. The third-order valence-electron chi connectivity index (χ3n) is 14.6. The predicted octanol–water partition coefficient (Wildman–Crippen LogP) is 14.2. The molecule has 0 saturated heterocycles. The average Bonchev–Trinajstić information content (AvgIpc) is 0.814. The van der Waals surface area contributed by atoms with Crippen molar-refractivity contribution in [3.05, 3.63) is 228 Å². The molecule has 6 aromatic carbocycles. The Labute approximate surface area is 589 Å². The summed E-state index contributed by atoms with van der Waals surface area (Å²) in [4.78, 5) is 126. The van der Waals surface area contributed by atoms with E-state index in [4.69, 9.17) is 38.5 Å². The molecule has 9 aromatic rings. The Bertz CT molecular complexity index is 4460. The number of aromatic nitrogens is 3. The maximum atomic E-state index is 12.7. The van der Waals surface area contributed by atoms with Gasteiger partial charge >= 0.3 is 23.8 Å². The Hall–Kier alpha value is -10.3. The lowest BCUT2D eigenvalue weighted by Crippen LogP contribution is -2.39. The number of alkyl halides is 5. The number of methoxy groups -OCH3 is 2. The molecule has 0 aliphatic rings.